The van der Waals surface area contributed by atoms with Gasteiger partial charge in [-0.3, -0.25) is 9.59 Å². The first-order valence-corrected chi connectivity index (χ1v) is 8.83. The molecule has 0 spiro atoms. The van der Waals surface area contributed by atoms with Crippen LogP contribution in [0.3, 0.4) is 0 Å². The van der Waals surface area contributed by atoms with E-state index in [4.69, 9.17) is 20.8 Å². The summed E-state index contributed by atoms with van der Waals surface area (Å²) in [5.41, 5.74) is 3.24. The van der Waals surface area contributed by atoms with Gasteiger partial charge in [0.2, 0.25) is 0 Å². The van der Waals surface area contributed by atoms with Crippen LogP contribution in [-0.2, 0) is 4.79 Å². The second-order valence-corrected chi connectivity index (χ2v) is 6.98. The molecule has 2 amide bonds. The molecule has 0 fully saturated rings. The largest absolute Gasteiger partial charge is 0.479 e. The molecule has 0 saturated carbocycles. The summed E-state index contributed by atoms with van der Waals surface area (Å²) < 4.78 is 11.3. The van der Waals surface area contributed by atoms with E-state index in [9.17, 15) is 9.59 Å². The fraction of sp³-hybridized carbons (Fsp3) is 0.200. The van der Waals surface area contributed by atoms with Gasteiger partial charge >= 0.3 is 0 Å². The molecule has 27 heavy (non-hydrogen) atoms. The summed E-state index contributed by atoms with van der Waals surface area (Å²) in [6.45, 7) is 5.37. The van der Waals surface area contributed by atoms with Crippen LogP contribution in [0.5, 0.6) is 5.75 Å². The number of rotatable bonds is 2. The van der Waals surface area contributed by atoms with E-state index in [0.717, 1.165) is 10.9 Å². The first kappa shape index (κ1) is 17.4. The van der Waals surface area contributed by atoms with Crippen molar-refractivity contribution >= 4 is 45.8 Å². The van der Waals surface area contributed by atoms with Crippen molar-refractivity contribution in [3.05, 3.63) is 52.2 Å². The van der Waals surface area contributed by atoms with Crippen LogP contribution in [0, 0.1) is 13.8 Å². The van der Waals surface area contributed by atoms with Crippen LogP contribution in [0.2, 0.25) is 5.02 Å². The summed E-state index contributed by atoms with van der Waals surface area (Å²) >= 11 is 6.18. The van der Waals surface area contributed by atoms with Gasteiger partial charge < -0.3 is 19.8 Å². The maximum Gasteiger partial charge on any atom is 0.291 e. The van der Waals surface area contributed by atoms with Gasteiger partial charge in [0.15, 0.2) is 11.9 Å². The molecule has 0 radical (unpaired) electrons. The molecule has 1 aliphatic heterocycles. The highest BCUT2D eigenvalue weighted by Crippen LogP contribution is 2.33. The van der Waals surface area contributed by atoms with Crippen LogP contribution < -0.4 is 15.4 Å². The third kappa shape index (κ3) is 3.02. The number of fused-ring (bicyclic) bond motifs is 2. The monoisotopic (exact) mass is 384 g/mol. The second kappa shape index (κ2) is 6.32. The third-order valence-electron chi connectivity index (χ3n) is 4.59. The highest BCUT2D eigenvalue weighted by molar-refractivity contribution is 6.32. The number of nitrogens with one attached hydrogen (secondary N) is 2. The number of carbonyl (C=O) groups is 2. The van der Waals surface area contributed by atoms with Crippen LogP contribution in [0.4, 0.5) is 11.4 Å². The van der Waals surface area contributed by atoms with Gasteiger partial charge in [-0.25, -0.2) is 0 Å². The molecule has 3 aromatic rings. The predicted octanol–water partition coefficient (Wildman–Crippen LogP) is 4.67. The van der Waals surface area contributed by atoms with E-state index < -0.39 is 6.10 Å². The van der Waals surface area contributed by atoms with Crippen LogP contribution >= 0.6 is 11.6 Å². The molecule has 1 atom stereocenters. The zero-order chi connectivity index (χ0) is 19.3. The van der Waals surface area contributed by atoms with Crippen molar-refractivity contribution < 1.29 is 18.7 Å². The highest BCUT2D eigenvalue weighted by Gasteiger charge is 2.24. The molecule has 1 aromatic heterocycles. The van der Waals surface area contributed by atoms with Crippen LogP contribution in [0.25, 0.3) is 11.0 Å². The minimum absolute atomic E-state index is 0.221. The molecule has 0 bridgehead atoms. The fourth-order valence-corrected chi connectivity index (χ4v) is 3.20. The van der Waals surface area contributed by atoms with Gasteiger partial charge in [0.05, 0.1) is 5.69 Å². The first-order valence-electron chi connectivity index (χ1n) is 8.45. The summed E-state index contributed by atoms with van der Waals surface area (Å²) in [6, 6.07) is 8.68. The molecule has 4 rings (SSSR count). The molecule has 0 saturated heterocycles. The Labute approximate surface area is 160 Å². The predicted molar refractivity (Wildman–Crippen MR) is 104 cm³/mol. The lowest BCUT2D eigenvalue weighted by Gasteiger charge is -2.23. The lowest BCUT2D eigenvalue weighted by molar-refractivity contribution is -0.122. The van der Waals surface area contributed by atoms with E-state index in [1.165, 1.54) is 0 Å². The van der Waals surface area contributed by atoms with Crippen molar-refractivity contribution in [1.29, 1.82) is 0 Å². The summed E-state index contributed by atoms with van der Waals surface area (Å²) in [5.74, 6) is 0.170. The van der Waals surface area contributed by atoms with Crippen LogP contribution in [0.15, 0.2) is 34.7 Å². The van der Waals surface area contributed by atoms with Crippen molar-refractivity contribution in [2.75, 3.05) is 10.6 Å². The number of aryl methyl sites for hydroxylation is 2. The SMILES string of the molecule is Cc1cc2oc(C(=O)Nc3ccc4c(c3)NC(=O)C(C)O4)c(C)c2cc1Cl. The average molecular weight is 385 g/mol. The normalized spacial score (nSPS) is 15.9. The summed E-state index contributed by atoms with van der Waals surface area (Å²) in [6.07, 6.45) is -0.550. The number of hydrogen-bond donors (Lipinski definition) is 2. The Morgan fingerprint density at radius 2 is 2.00 bits per heavy atom. The lowest BCUT2D eigenvalue weighted by atomic mass is 10.1. The standard InChI is InChI=1S/C20H17ClN2O4/c1-9-6-17-13(8-14(9)21)10(2)18(27-17)20(25)22-12-4-5-16-15(7-12)23-19(24)11(3)26-16/h4-8,11H,1-3H3,(H,22,25)(H,23,24). The van der Waals surface area contributed by atoms with E-state index in [1.54, 1.807) is 31.2 Å². The van der Waals surface area contributed by atoms with Gasteiger partial charge in [0.25, 0.3) is 11.8 Å². The molecule has 7 heteroatoms. The van der Waals surface area contributed by atoms with E-state index in [0.29, 0.717) is 33.3 Å². The van der Waals surface area contributed by atoms with Gasteiger partial charge in [0, 0.05) is 21.7 Å². The van der Waals surface area contributed by atoms with Crippen LogP contribution in [0.1, 0.15) is 28.6 Å². The summed E-state index contributed by atoms with van der Waals surface area (Å²) in [4.78, 5) is 24.5. The minimum atomic E-state index is -0.550. The van der Waals surface area contributed by atoms with Crippen molar-refractivity contribution in [3.8, 4) is 5.75 Å². The van der Waals surface area contributed by atoms with Gasteiger partial charge in [-0.2, -0.15) is 0 Å². The molecular formula is C20H17ClN2O4. The number of ether oxygens (including phenoxy) is 1. The van der Waals surface area contributed by atoms with E-state index >= 15 is 0 Å². The van der Waals surface area contributed by atoms with Crippen molar-refractivity contribution in [2.45, 2.75) is 26.9 Å². The Morgan fingerprint density at radius 3 is 2.78 bits per heavy atom. The van der Waals surface area contributed by atoms with E-state index in [1.807, 2.05) is 19.9 Å². The van der Waals surface area contributed by atoms with E-state index in [2.05, 4.69) is 10.6 Å². The third-order valence-corrected chi connectivity index (χ3v) is 5.00. The highest BCUT2D eigenvalue weighted by atomic mass is 35.5. The van der Waals surface area contributed by atoms with Gasteiger partial charge in [0.1, 0.15) is 11.3 Å². The number of anilines is 2. The zero-order valence-electron chi connectivity index (χ0n) is 15.0. The number of furan rings is 1. The number of halogens is 1. The molecule has 2 aromatic carbocycles. The Balaban J connectivity index is 1.63. The molecule has 6 nitrogen and oxygen atoms in total. The number of benzene rings is 2. The molecular weight excluding hydrogens is 368 g/mol. The number of hydrogen-bond acceptors (Lipinski definition) is 4. The molecule has 2 heterocycles. The minimum Gasteiger partial charge on any atom is -0.479 e. The quantitative estimate of drug-likeness (QED) is 0.672. The fourth-order valence-electron chi connectivity index (χ4n) is 3.03. The Morgan fingerprint density at radius 1 is 1.22 bits per heavy atom. The van der Waals surface area contributed by atoms with Gasteiger partial charge in [-0.1, -0.05) is 11.6 Å². The van der Waals surface area contributed by atoms with E-state index in [-0.39, 0.29) is 17.6 Å². The summed E-state index contributed by atoms with van der Waals surface area (Å²) in [7, 11) is 0. The molecule has 1 unspecified atom stereocenters. The van der Waals surface area contributed by atoms with Crippen molar-refractivity contribution in [3.63, 3.8) is 0 Å². The lowest BCUT2D eigenvalue weighted by Crippen LogP contribution is -2.34. The zero-order valence-corrected chi connectivity index (χ0v) is 15.7. The molecule has 0 aliphatic carbocycles. The molecule has 138 valence electrons. The smallest absolute Gasteiger partial charge is 0.291 e. The molecule has 2 N–H and O–H groups in total. The number of amides is 2. The Hall–Kier alpha value is -2.99. The van der Waals surface area contributed by atoms with Crippen molar-refractivity contribution in [1.82, 2.24) is 0 Å². The average Bonchev–Trinajstić information content (AvgIpc) is 2.93. The first-order chi connectivity index (χ1) is 12.8. The maximum absolute atomic E-state index is 12.7. The Bertz CT molecular complexity index is 1100. The Kier molecular flexibility index (Phi) is 4.08. The number of carbonyl (C=O) groups excluding carboxylic acids is 2. The maximum atomic E-state index is 12.7. The van der Waals surface area contributed by atoms with Crippen molar-refractivity contribution in [2.24, 2.45) is 0 Å². The van der Waals surface area contributed by atoms with Gasteiger partial charge in [-0.15, -0.1) is 0 Å². The van der Waals surface area contributed by atoms with Gasteiger partial charge in [-0.05, 0) is 56.7 Å². The second-order valence-electron chi connectivity index (χ2n) is 6.57. The topological polar surface area (TPSA) is 80.6 Å². The van der Waals surface area contributed by atoms with Crippen LogP contribution in [-0.4, -0.2) is 17.9 Å². The molecule has 1 aliphatic rings. The summed E-state index contributed by atoms with van der Waals surface area (Å²) in [5, 5.41) is 6.97.